The third kappa shape index (κ3) is 2.52. The van der Waals surface area contributed by atoms with E-state index >= 15 is 0 Å². The van der Waals surface area contributed by atoms with Crippen LogP contribution >= 0.6 is 0 Å². The highest BCUT2D eigenvalue weighted by molar-refractivity contribution is 6.07. The van der Waals surface area contributed by atoms with Crippen molar-refractivity contribution in [3.05, 3.63) is 59.9 Å². The summed E-state index contributed by atoms with van der Waals surface area (Å²) in [6.07, 6.45) is 3.00. The number of nitrogens with one attached hydrogen (secondary N) is 1. The van der Waals surface area contributed by atoms with E-state index in [-0.39, 0.29) is 17.2 Å². The van der Waals surface area contributed by atoms with Gasteiger partial charge >= 0.3 is 5.97 Å². The van der Waals surface area contributed by atoms with Crippen LogP contribution in [0.25, 0.3) is 0 Å². The molecule has 0 radical (unpaired) electrons. The number of carbonyl (C=O) groups is 2. The van der Waals surface area contributed by atoms with Crippen LogP contribution in [0.4, 0.5) is 5.69 Å². The maximum atomic E-state index is 11.9. The number of pyridine rings is 1. The minimum atomic E-state index is -1.08. The Balaban J connectivity index is 2.25. The predicted octanol–water partition coefficient (Wildman–Crippen LogP) is 2.03. The lowest BCUT2D eigenvalue weighted by atomic mass is 10.1. The van der Waals surface area contributed by atoms with Crippen LogP contribution in [-0.4, -0.2) is 22.0 Å². The van der Waals surface area contributed by atoms with E-state index in [0.717, 1.165) is 0 Å². The van der Waals surface area contributed by atoms with Gasteiger partial charge in [-0.25, -0.2) is 4.79 Å². The third-order valence-electron chi connectivity index (χ3n) is 2.35. The number of para-hydroxylation sites is 1. The number of aromatic carboxylic acids is 1. The summed E-state index contributed by atoms with van der Waals surface area (Å²) in [5.41, 5.74) is 0.747. The summed E-state index contributed by atoms with van der Waals surface area (Å²) in [7, 11) is 0. The average molecular weight is 242 g/mol. The van der Waals surface area contributed by atoms with Crippen molar-refractivity contribution >= 4 is 17.6 Å². The van der Waals surface area contributed by atoms with Crippen molar-refractivity contribution < 1.29 is 14.7 Å². The maximum Gasteiger partial charge on any atom is 0.337 e. The topological polar surface area (TPSA) is 79.3 Å². The zero-order valence-corrected chi connectivity index (χ0v) is 9.33. The third-order valence-corrected chi connectivity index (χ3v) is 2.35. The van der Waals surface area contributed by atoms with Crippen molar-refractivity contribution in [2.24, 2.45) is 0 Å². The molecule has 0 aliphatic heterocycles. The summed E-state index contributed by atoms with van der Waals surface area (Å²) in [5, 5.41) is 11.5. The molecule has 1 heterocycles. The molecule has 5 nitrogen and oxygen atoms in total. The Morgan fingerprint density at radius 1 is 1.06 bits per heavy atom. The molecule has 0 aliphatic carbocycles. The lowest BCUT2D eigenvalue weighted by Gasteiger charge is -2.07. The summed E-state index contributed by atoms with van der Waals surface area (Å²) in [6, 6.07) is 9.35. The quantitative estimate of drug-likeness (QED) is 0.863. The molecule has 1 aromatic heterocycles. The molecule has 2 rings (SSSR count). The Morgan fingerprint density at radius 2 is 1.72 bits per heavy atom. The first-order valence-electron chi connectivity index (χ1n) is 5.22. The van der Waals surface area contributed by atoms with Crippen LogP contribution in [-0.2, 0) is 0 Å². The summed E-state index contributed by atoms with van der Waals surface area (Å²) >= 11 is 0. The fourth-order valence-corrected chi connectivity index (χ4v) is 1.48. The van der Waals surface area contributed by atoms with Crippen molar-refractivity contribution in [1.82, 2.24) is 4.98 Å². The predicted molar refractivity (Wildman–Crippen MR) is 65.6 cm³/mol. The van der Waals surface area contributed by atoms with Gasteiger partial charge in [-0.3, -0.25) is 9.78 Å². The Labute approximate surface area is 103 Å². The van der Waals surface area contributed by atoms with E-state index in [1.165, 1.54) is 18.5 Å². The van der Waals surface area contributed by atoms with Gasteiger partial charge in [0, 0.05) is 18.0 Å². The average Bonchev–Trinajstić information content (AvgIpc) is 2.40. The Hall–Kier alpha value is -2.69. The molecule has 2 N–H and O–H groups in total. The molecule has 90 valence electrons. The zero-order chi connectivity index (χ0) is 13.0. The summed E-state index contributed by atoms with van der Waals surface area (Å²) in [5.74, 6) is -1.45. The smallest absolute Gasteiger partial charge is 0.337 e. The molecule has 0 saturated heterocycles. The highest BCUT2D eigenvalue weighted by Gasteiger charge is 2.12. The molecule has 18 heavy (non-hydrogen) atoms. The monoisotopic (exact) mass is 242 g/mol. The number of anilines is 1. The van der Waals surface area contributed by atoms with E-state index in [1.54, 1.807) is 30.3 Å². The molecular weight excluding hydrogens is 232 g/mol. The second-order valence-electron chi connectivity index (χ2n) is 3.54. The van der Waals surface area contributed by atoms with Crippen LogP contribution in [0.15, 0.2) is 48.8 Å². The number of benzene rings is 1. The van der Waals surface area contributed by atoms with Crippen LogP contribution in [0.2, 0.25) is 0 Å². The number of amides is 1. The van der Waals surface area contributed by atoms with Crippen molar-refractivity contribution in [3.8, 4) is 0 Å². The largest absolute Gasteiger partial charge is 0.478 e. The lowest BCUT2D eigenvalue weighted by Crippen LogP contribution is -2.14. The first-order chi connectivity index (χ1) is 8.68. The number of rotatable bonds is 3. The number of hydrogen-bond donors (Lipinski definition) is 2. The molecule has 0 bridgehead atoms. The fourth-order valence-electron chi connectivity index (χ4n) is 1.48. The summed E-state index contributed by atoms with van der Waals surface area (Å²) < 4.78 is 0. The van der Waals surface area contributed by atoms with E-state index in [1.807, 2.05) is 0 Å². The van der Waals surface area contributed by atoms with Gasteiger partial charge in [-0.2, -0.15) is 0 Å². The minimum absolute atomic E-state index is 0.0555. The van der Waals surface area contributed by atoms with Crippen LogP contribution in [0.3, 0.4) is 0 Å². The second-order valence-corrected chi connectivity index (χ2v) is 3.54. The van der Waals surface area contributed by atoms with Crippen LogP contribution < -0.4 is 5.32 Å². The van der Waals surface area contributed by atoms with E-state index in [0.29, 0.717) is 5.56 Å². The van der Waals surface area contributed by atoms with E-state index in [2.05, 4.69) is 10.3 Å². The molecule has 2 aromatic rings. The van der Waals surface area contributed by atoms with Gasteiger partial charge in [0.25, 0.3) is 5.91 Å². The second kappa shape index (κ2) is 5.09. The Morgan fingerprint density at radius 3 is 2.39 bits per heavy atom. The highest BCUT2D eigenvalue weighted by Crippen LogP contribution is 2.15. The van der Waals surface area contributed by atoms with Crippen molar-refractivity contribution in [2.75, 3.05) is 5.32 Å². The number of aromatic nitrogens is 1. The minimum Gasteiger partial charge on any atom is -0.478 e. The van der Waals surface area contributed by atoms with Gasteiger partial charge in [-0.15, -0.1) is 0 Å². The van der Waals surface area contributed by atoms with E-state index in [4.69, 9.17) is 5.11 Å². The highest BCUT2D eigenvalue weighted by atomic mass is 16.4. The Kier molecular flexibility index (Phi) is 3.33. The molecule has 1 aromatic carbocycles. The van der Waals surface area contributed by atoms with Crippen molar-refractivity contribution in [2.45, 2.75) is 0 Å². The number of carbonyl (C=O) groups excluding carboxylic acids is 1. The molecule has 0 saturated carbocycles. The normalized spacial score (nSPS) is 9.78. The molecule has 0 atom stereocenters. The van der Waals surface area contributed by atoms with Gasteiger partial charge in [-0.05, 0) is 24.3 Å². The number of nitrogens with zero attached hydrogens (tertiary/aromatic N) is 1. The van der Waals surface area contributed by atoms with Gasteiger partial charge in [0.15, 0.2) is 0 Å². The molecule has 1 amide bonds. The van der Waals surface area contributed by atoms with Crippen LogP contribution in [0.5, 0.6) is 0 Å². The van der Waals surface area contributed by atoms with Crippen LogP contribution in [0.1, 0.15) is 20.7 Å². The standard InChI is InChI=1S/C13H10N2O3/c16-12(9-5-7-14-8-6-9)15-11-4-2-1-3-10(11)13(17)18/h1-8H,(H,15,16)(H,17,18). The van der Waals surface area contributed by atoms with Gasteiger partial charge in [0.1, 0.15) is 0 Å². The van der Waals surface area contributed by atoms with Crippen molar-refractivity contribution in [3.63, 3.8) is 0 Å². The Bertz CT molecular complexity index is 582. The molecule has 0 unspecified atom stereocenters. The van der Waals surface area contributed by atoms with Gasteiger partial charge in [0.2, 0.25) is 0 Å². The first-order valence-corrected chi connectivity index (χ1v) is 5.22. The zero-order valence-electron chi connectivity index (χ0n) is 9.33. The van der Waals surface area contributed by atoms with Gasteiger partial charge in [-0.1, -0.05) is 12.1 Å². The number of hydrogen-bond acceptors (Lipinski definition) is 3. The molecular formula is C13H10N2O3. The summed E-state index contributed by atoms with van der Waals surface area (Å²) in [4.78, 5) is 26.6. The first kappa shape index (κ1) is 11.8. The molecule has 0 spiro atoms. The van der Waals surface area contributed by atoms with Crippen LogP contribution in [0, 0.1) is 0 Å². The van der Waals surface area contributed by atoms with Gasteiger partial charge in [0.05, 0.1) is 11.3 Å². The lowest BCUT2D eigenvalue weighted by molar-refractivity contribution is 0.0698. The van der Waals surface area contributed by atoms with E-state index in [9.17, 15) is 9.59 Å². The molecule has 5 heteroatoms. The number of carboxylic acids is 1. The van der Waals surface area contributed by atoms with Gasteiger partial charge < -0.3 is 10.4 Å². The molecule has 0 aliphatic rings. The summed E-state index contributed by atoms with van der Waals surface area (Å²) in [6.45, 7) is 0. The molecule has 0 fully saturated rings. The van der Waals surface area contributed by atoms with E-state index < -0.39 is 5.97 Å². The SMILES string of the molecule is O=C(Nc1ccccc1C(=O)O)c1ccncc1. The fraction of sp³-hybridized carbons (Fsp3) is 0. The maximum absolute atomic E-state index is 11.9. The number of carboxylic acid groups (broad SMARTS) is 1. The van der Waals surface area contributed by atoms with Crippen molar-refractivity contribution in [1.29, 1.82) is 0 Å².